The molecule has 7 heteroatoms. The average Bonchev–Trinajstić information content (AvgIpc) is 3.18. The molecule has 26 heavy (non-hydrogen) atoms. The van der Waals surface area contributed by atoms with E-state index in [0.717, 1.165) is 23.5 Å². The summed E-state index contributed by atoms with van der Waals surface area (Å²) in [4.78, 5) is 31.0. The lowest BCUT2D eigenvalue weighted by Gasteiger charge is -2.32. The second kappa shape index (κ2) is 8.48. The zero-order valence-corrected chi connectivity index (χ0v) is 16.6. The summed E-state index contributed by atoms with van der Waals surface area (Å²) in [6, 6.07) is 0.257. The average molecular weight is 381 g/mol. The van der Waals surface area contributed by atoms with Crippen LogP contribution in [-0.4, -0.2) is 47.1 Å². The van der Waals surface area contributed by atoms with Gasteiger partial charge >= 0.3 is 11.9 Å². The number of esters is 2. The first-order valence-electron chi connectivity index (χ1n) is 9.44. The third-order valence-electron chi connectivity index (χ3n) is 5.30. The largest absolute Gasteiger partial charge is 0.468 e. The summed E-state index contributed by atoms with van der Waals surface area (Å²) in [7, 11) is 1.46. The predicted molar refractivity (Wildman–Crippen MR) is 98.8 cm³/mol. The number of carbonyl (C=O) groups is 2. The Balaban J connectivity index is 1.67. The smallest absolute Gasteiger partial charge is 0.323 e. The van der Waals surface area contributed by atoms with Crippen LogP contribution in [0.2, 0.25) is 0 Å². The Kier molecular flexibility index (Phi) is 6.29. The van der Waals surface area contributed by atoms with Crippen molar-refractivity contribution in [2.45, 2.75) is 77.1 Å². The third kappa shape index (κ3) is 4.43. The van der Waals surface area contributed by atoms with Gasteiger partial charge in [0.1, 0.15) is 11.0 Å². The van der Waals surface area contributed by atoms with Crippen LogP contribution in [0.3, 0.4) is 0 Å². The fourth-order valence-corrected chi connectivity index (χ4v) is 5.04. The maximum absolute atomic E-state index is 12.3. The van der Waals surface area contributed by atoms with Gasteiger partial charge < -0.3 is 9.47 Å². The Bertz CT molecular complexity index is 645. The highest BCUT2D eigenvalue weighted by molar-refractivity contribution is 7.09. The van der Waals surface area contributed by atoms with E-state index in [1.807, 2.05) is 19.2 Å². The molecule has 144 valence electrons. The van der Waals surface area contributed by atoms with Gasteiger partial charge in [-0.25, -0.2) is 4.98 Å². The van der Waals surface area contributed by atoms with Crippen LogP contribution >= 0.6 is 11.3 Å². The molecule has 1 saturated heterocycles. The van der Waals surface area contributed by atoms with Crippen molar-refractivity contribution in [1.29, 1.82) is 0 Å². The number of hydrogen-bond acceptors (Lipinski definition) is 7. The lowest BCUT2D eigenvalue weighted by molar-refractivity contribution is -0.147. The number of hydrogen-bond donors (Lipinski definition) is 0. The maximum atomic E-state index is 12.3. The van der Waals surface area contributed by atoms with Crippen LogP contribution in [0.4, 0.5) is 0 Å². The molecule has 0 amide bonds. The predicted octanol–water partition coefficient (Wildman–Crippen LogP) is 2.94. The van der Waals surface area contributed by atoms with Gasteiger partial charge in [0.25, 0.3) is 0 Å². The highest BCUT2D eigenvalue weighted by atomic mass is 32.1. The number of nitrogens with zero attached hydrogens (tertiary/aromatic N) is 2. The van der Waals surface area contributed by atoms with Crippen LogP contribution in [0.25, 0.3) is 0 Å². The topological polar surface area (TPSA) is 68.7 Å². The van der Waals surface area contributed by atoms with E-state index >= 15 is 0 Å². The van der Waals surface area contributed by atoms with Gasteiger partial charge in [0, 0.05) is 18.0 Å². The third-order valence-corrected chi connectivity index (χ3v) is 6.20. The summed E-state index contributed by atoms with van der Waals surface area (Å²) < 4.78 is 10.2. The molecule has 1 saturated carbocycles. The maximum Gasteiger partial charge on any atom is 0.323 e. The van der Waals surface area contributed by atoms with Crippen LogP contribution in [0, 0.1) is 5.92 Å². The molecule has 0 radical (unpaired) electrons. The van der Waals surface area contributed by atoms with Gasteiger partial charge in [0.05, 0.1) is 25.3 Å². The van der Waals surface area contributed by atoms with Crippen LogP contribution in [0.1, 0.15) is 56.7 Å². The molecule has 3 rings (SSSR count). The summed E-state index contributed by atoms with van der Waals surface area (Å²) in [5.74, 6) is 0.184. The number of thiazole rings is 1. The normalized spacial score (nSPS) is 25.9. The molecule has 0 unspecified atom stereocenters. The van der Waals surface area contributed by atoms with Crippen molar-refractivity contribution < 1.29 is 19.1 Å². The molecular weight excluding hydrogens is 352 g/mol. The Morgan fingerprint density at radius 1 is 1.35 bits per heavy atom. The molecule has 1 aromatic rings. The number of fused-ring (bicyclic) bond motifs is 1. The highest BCUT2D eigenvalue weighted by Gasteiger charge is 2.45. The van der Waals surface area contributed by atoms with Crippen molar-refractivity contribution in [3.05, 3.63) is 16.1 Å². The van der Waals surface area contributed by atoms with Crippen molar-refractivity contribution in [3.8, 4) is 0 Å². The minimum absolute atomic E-state index is 0.115. The van der Waals surface area contributed by atoms with Crippen molar-refractivity contribution in [1.82, 2.24) is 9.88 Å². The lowest BCUT2D eigenvalue weighted by atomic mass is 9.85. The molecular formula is C19H28N2O4S. The number of rotatable bonds is 6. The summed E-state index contributed by atoms with van der Waals surface area (Å²) >= 11 is 1.48. The van der Waals surface area contributed by atoms with E-state index in [9.17, 15) is 9.59 Å². The Hall–Kier alpha value is -1.47. The Morgan fingerprint density at radius 3 is 2.85 bits per heavy atom. The van der Waals surface area contributed by atoms with Crippen molar-refractivity contribution in [2.24, 2.45) is 5.92 Å². The second-order valence-electron chi connectivity index (χ2n) is 7.51. The first-order chi connectivity index (χ1) is 12.5. The molecule has 2 fully saturated rings. The minimum atomic E-state index is -0.248. The van der Waals surface area contributed by atoms with E-state index in [1.165, 1.54) is 37.7 Å². The molecule has 1 aliphatic heterocycles. The molecule has 3 atom stereocenters. The fourth-order valence-electron chi connectivity index (χ4n) is 4.27. The van der Waals surface area contributed by atoms with Crippen LogP contribution in [-0.2, 0) is 32.0 Å². The quantitative estimate of drug-likeness (QED) is 0.707. The molecule has 6 nitrogen and oxygen atoms in total. The van der Waals surface area contributed by atoms with Crippen molar-refractivity contribution >= 4 is 23.3 Å². The van der Waals surface area contributed by atoms with E-state index in [1.54, 1.807) is 0 Å². The van der Waals surface area contributed by atoms with E-state index in [0.29, 0.717) is 18.5 Å². The molecule has 0 spiro atoms. The molecule has 2 heterocycles. The molecule has 0 bridgehead atoms. The van der Waals surface area contributed by atoms with Gasteiger partial charge in [-0.2, -0.15) is 0 Å². The number of ether oxygens (including phenoxy) is 2. The van der Waals surface area contributed by atoms with Gasteiger partial charge in [-0.3, -0.25) is 14.5 Å². The molecule has 2 aliphatic rings. The van der Waals surface area contributed by atoms with Gasteiger partial charge in [0.15, 0.2) is 0 Å². The van der Waals surface area contributed by atoms with Gasteiger partial charge in [0.2, 0.25) is 0 Å². The zero-order chi connectivity index (χ0) is 18.7. The van der Waals surface area contributed by atoms with Crippen molar-refractivity contribution in [2.75, 3.05) is 7.11 Å². The van der Waals surface area contributed by atoms with Crippen LogP contribution in [0.5, 0.6) is 0 Å². The first-order valence-corrected chi connectivity index (χ1v) is 10.3. The number of likely N-dealkylation sites (tertiary alicyclic amines) is 1. The molecule has 1 aliphatic carbocycles. The van der Waals surface area contributed by atoms with E-state index < -0.39 is 0 Å². The first kappa shape index (κ1) is 19.3. The lowest BCUT2D eigenvalue weighted by Crippen LogP contribution is -2.42. The van der Waals surface area contributed by atoms with Crippen LogP contribution in [0.15, 0.2) is 5.38 Å². The summed E-state index contributed by atoms with van der Waals surface area (Å²) in [5, 5.41) is 2.75. The summed E-state index contributed by atoms with van der Waals surface area (Å²) in [5.41, 5.74) is 0.919. The molecule has 1 aromatic heterocycles. The fraction of sp³-hybridized carbons (Fsp3) is 0.737. The number of aromatic nitrogens is 1. The van der Waals surface area contributed by atoms with Gasteiger partial charge in [-0.05, 0) is 39.0 Å². The highest BCUT2D eigenvalue weighted by Crippen LogP contribution is 2.40. The standard InChI is InChI=1S/C19H28N2O4S/c1-12(2)25-18(22)9-17-20-14(11-26-17)10-21-15-7-5-4-6-13(15)8-16(21)19(23)24-3/h11-13,15-16H,4-10H2,1-3H3/t13-,15+,16+/m1/s1. The Morgan fingerprint density at radius 2 is 2.12 bits per heavy atom. The van der Waals surface area contributed by atoms with Crippen molar-refractivity contribution in [3.63, 3.8) is 0 Å². The molecule has 0 aromatic carbocycles. The zero-order valence-electron chi connectivity index (χ0n) is 15.8. The molecule has 0 N–H and O–H groups in total. The summed E-state index contributed by atoms with van der Waals surface area (Å²) in [6.45, 7) is 4.31. The second-order valence-corrected chi connectivity index (χ2v) is 8.45. The minimum Gasteiger partial charge on any atom is -0.468 e. The Labute approximate surface area is 158 Å². The van der Waals surface area contributed by atoms with Crippen LogP contribution < -0.4 is 0 Å². The monoisotopic (exact) mass is 380 g/mol. The number of methoxy groups -OCH3 is 1. The van der Waals surface area contributed by atoms with Gasteiger partial charge in [-0.1, -0.05) is 12.8 Å². The van der Waals surface area contributed by atoms with E-state index in [-0.39, 0.29) is 30.5 Å². The summed E-state index contributed by atoms with van der Waals surface area (Å²) in [6.07, 6.45) is 5.77. The van der Waals surface area contributed by atoms with E-state index in [2.05, 4.69) is 9.88 Å². The van der Waals surface area contributed by atoms with Gasteiger partial charge in [-0.15, -0.1) is 11.3 Å². The SMILES string of the molecule is COC(=O)[C@@H]1C[C@H]2CCCC[C@@H]2N1Cc1csc(CC(=O)OC(C)C)n1. The number of carbonyl (C=O) groups excluding carboxylic acids is 2. The van der Waals surface area contributed by atoms with E-state index in [4.69, 9.17) is 9.47 Å².